The third-order valence-corrected chi connectivity index (χ3v) is 9.21. The molecule has 0 spiro atoms. The van der Waals surface area contributed by atoms with Crippen molar-refractivity contribution in [1.29, 1.82) is 0 Å². The maximum absolute atomic E-state index is 14.6. The Morgan fingerprint density at radius 3 is 2.74 bits per heavy atom. The monoisotopic (exact) mass is 616 g/mol. The van der Waals surface area contributed by atoms with Crippen LogP contribution in [0.1, 0.15) is 55.2 Å². The maximum atomic E-state index is 14.6. The largest absolute Gasteiger partial charge is 0.486 e. The Kier molecular flexibility index (Phi) is 8.72. The van der Waals surface area contributed by atoms with Gasteiger partial charge >= 0.3 is 5.97 Å². The Balaban J connectivity index is 1.59. The molecular formula is C30H30ClFN2O7S. The molecule has 1 aliphatic carbocycles. The first-order chi connectivity index (χ1) is 20.1. The van der Waals surface area contributed by atoms with E-state index in [4.69, 9.17) is 21.1 Å². The Bertz CT molecular complexity index is 1620. The van der Waals surface area contributed by atoms with Crippen molar-refractivity contribution in [3.63, 3.8) is 0 Å². The van der Waals surface area contributed by atoms with Gasteiger partial charge in [-0.25, -0.2) is 17.8 Å². The molecule has 5 rings (SSSR count). The van der Waals surface area contributed by atoms with Crippen LogP contribution in [0.25, 0.3) is 11.6 Å². The summed E-state index contributed by atoms with van der Waals surface area (Å²) in [5, 5.41) is 18.8. The van der Waals surface area contributed by atoms with Crippen LogP contribution in [0.5, 0.6) is 11.6 Å². The van der Waals surface area contributed by atoms with Crippen molar-refractivity contribution >= 4 is 44.9 Å². The molecule has 1 atom stereocenters. The van der Waals surface area contributed by atoms with Gasteiger partial charge in [0, 0.05) is 18.2 Å². The van der Waals surface area contributed by atoms with E-state index < -0.39 is 27.9 Å². The first-order valence-corrected chi connectivity index (χ1v) is 15.3. The molecule has 2 aliphatic rings. The van der Waals surface area contributed by atoms with Crippen LogP contribution in [-0.2, 0) is 14.8 Å². The van der Waals surface area contributed by atoms with Crippen molar-refractivity contribution in [2.75, 3.05) is 24.1 Å². The van der Waals surface area contributed by atoms with Crippen molar-refractivity contribution in [3.8, 4) is 11.6 Å². The zero-order valence-corrected chi connectivity index (χ0v) is 24.4. The molecule has 2 N–H and O–H groups in total. The number of benzene rings is 2. The van der Waals surface area contributed by atoms with Gasteiger partial charge in [-0.3, -0.25) is 9.10 Å². The molecule has 222 valence electrons. The van der Waals surface area contributed by atoms with Gasteiger partial charge in [0.1, 0.15) is 29.2 Å². The number of nitrogens with zero attached hydrogens (tertiary/aromatic N) is 2. The number of aromatic nitrogens is 1. The maximum Gasteiger partial charge on any atom is 0.303 e. The van der Waals surface area contributed by atoms with Gasteiger partial charge in [0.15, 0.2) is 0 Å². The molecule has 2 heterocycles. The van der Waals surface area contributed by atoms with E-state index in [1.165, 1.54) is 16.4 Å². The third-order valence-electron chi connectivity index (χ3n) is 7.12. The van der Waals surface area contributed by atoms with Crippen LogP contribution in [-0.4, -0.2) is 55.4 Å². The second-order valence-corrected chi connectivity index (χ2v) is 12.5. The topological polar surface area (TPSA) is 126 Å². The highest BCUT2D eigenvalue weighted by Gasteiger charge is 2.38. The number of halogens is 2. The van der Waals surface area contributed by atoms with E-state index in [9.17, 15) is 27.8 Å². The molecule has 1 saturated carbocycles. The smallest absolute Gasteiger partial charge is 0.303 e. The highest BCUT2D eigenvalue weighted by atomic mass is 35.5. The van der Waals surface area contributed by atoms with Gasteiger partial charge in [-0.1, -0.05) is 29.8 Å². The summed E-state index contributed by atoms with van der Waals surface area (Å²) in [6.07, 6.45) is 4.28. The molecule has 3 aromatic rings. The lowest BCUT2D eigenvalue weighted by Crippen LogP contribution is -2.44. The first kappa shape index (κ1) is 29.8. The Hall–Kier alpha value is -3.67. The molecule has 12 heteroatoms. The first-order valence-electron chi connectivity index (χ1n) is 13.5. The minimum absolute atomic E-state index is 0.0849. The molecule has 1 aliphatic heterocycles. The number of hydrogen-bond donors (Lipinski definition) is 2. The molecule has 0 radical (unpaired) electrons. The number of pyridine rings is 1. The van der Waals surface area contributed by atoms with Gasteiger partial charge in [0.05, 0.1) is 23.9 Å². The van der Waals surface area contributed by atoms with Crippen LogP contribution >= 0.6 is 11.6 Å². The van der Waals surface area contributed by atoms with Crippen LogP contribution in [0.4, 0.5) is 10.1 Å². The number of carbonyl (C=O) groups is 1. The molecule has 42 heavy (non-hydrogen) atoms. The van der Waals surface area contributed by atoms with Crippen molar-refractivity contribution in [3.05, 3.63) is 76.2 Å². The molecular weight excluding hydrogens is 587 g/mol. The van der Waals surface area contributed by atoms with Crippen molar-refractivity contribution < 1.29 is 37.3 Å². The summed E-state index contributed by atoms with van der Waals surface area (Å²) in [5.74, 6) is -1.18. The zero-order valence-electron chi connectivity index (χ0n) is 22.8. The lowest BCUT2D eigenvalue weighted by atomic mass is 10.0. The van der Waals surface area contributed by atoms with E-state index in [0.717, 1.165) is 18.4 Å². The third kappa shape index (κ3) is 6.38. The summed E-state index contributed by atoms with van der Waals surface area (Å²) in [6.45, 7) is 1.08. The van der Waals surface area contributed by atoms with Crippen molar-refractivity contribution in [2.45, 2.75) is 49.5 Å². The minimum Gasteiger partial charge on any atom is -0.486 e. The van der Waals surface area contributed by atoms with Crippen LogP contribution < -0.4 is 13.8 Å². The average Bonchev–Trinajstić information content (AvgIpc) is 3.80. The lowest BCUT2D eigenvalue weighted by Gasteiger charge is -2.36. The molecule has 0 saturated heterocycles. The van der Waals surface area contributed by atoms with E-state index >= 15 is 0 Å². The number of rotatable bonds is 11. The molecule has 2 aromatic carbocycles. The summed E-state index contributed by atoms with van der Waals surface area (Å²) >= 11 is 6.25. The van der Waals surface area contributed by atoms with Gasteiger partial charge in [-0.15, -0.1) is 0 Å². The molecule has 0 unspecified atom stereocenters. The Labute approximate surface area is 248 Å². The molecule has 1 aromatic heterocycles. The number of anilines is 1. The van der Waals surface area contributed by atoms with Gasteiger partial charge in [0.2, 0.25) is 5.88 Å². The number of aliphatic hydroxyl groups is 1. The molecule has 0 bridgehead atoms. The summed E-state index contributed by atoms with van der Waals surface area (Å²) < 4.78 is 56.0. The number of aliphatic carboxylic acids is 1. The number of sulfonamides is 1. The summed E-state index contributed by atoms with van der Waals surface area (Å²) in [5.41, 5.74) is 2.34. The second kappa shape index (κ2) is 12.3. The number of aliphatic hydroxyl groups excluding tert-OH is 1. The standard InChI is InChI=1S/C30H30ClFN2O7S/c1-18(29-23(31)3-2-4-24(29)32)13-19-5-9-26-25(14-19)34(17-22(41-26)8-10-28(36)37)42(38,39)27-15-21(20-6-7-20)16-33-30(27)40-12-11-35/h2-5,9,13-16,20,22,35H,6-8,10-12,17H2,1H3,(H,36,37)/b18-13+/t22-/m0/s1. The second-order valence-electron chi connectivity index (χ2n) is 10.3. The van der Waals surface area contributed by atoms with Crippen molar-refractivity contribution in [2.24, 2.45) is 0 Å². The highest BCUT2D eigenvalue weighted by Crippen LogP contribution is 2.44. The fourth-order valence-corrected chi connectivity index (χ4v) is 6.85. The van der Waals surface area contributed by atoms with E-state index in [1.54, 1.807) is 49.5 Å². The number of hydrogen-bond acceptors (Lipinski definition) is 7. The minimum atomic E-state index is -4.31. The van der Waals surface area contributed by atoms with E-state index in [0.29, 0.717) is 11.1 Å². The number of fused-ring (bicyclic) bond motifs is 1. The fraction of sp³-hybridized carbons (Fsp3) is 0.333. The fourth-order valence-electron chi connectivity index (χ4n) is 4.92. The van der Waals surface area contributed by atoms with Crippen LogP contribution in [0.3, 0.4) is 0 Å². The summed E-state index contributed by atoms with van der Waals surface area (Å²) in [6, 6.07) is 10.9. The van der Waals surface area contributed by atoms with Gasteiger partial charge in [-0.05, 0) is 79.1 Å². The predicted molar refractivity (Wildman–Crippen MR) is 156 cm³/mol. The van der Waals surface area contributed by atoms with Gasteiger partial charge in [0.25, 0.3) is 10.0 Å². The molecule has 1 fully saturated rings. The van der Waals surface area contributed by atoms with E-state index in [2.05, 4.69) is 4.98 Å². The molecule has 0 amide bonds. The van der Waals surface area contributed by atoms with Gasteiger partial charge in [-0.2, -0.15) is 0 Å². The SMILES string of the molecule is C/C(=C\c1ccc2c(c1)N(S(=O)(=O)c1cc(C3CC3)cnc1OCCO)C[C@H](CCC(=O)O)O2)c1c(F)cccc1Cl. The average molecular weight is 617 g/mol. The zero-order chi connectivity index (χ0) is 30.0. The lowest BCUT2D eigenvalue weighted by molar-refractivity contribution is -0.137. The highest BCUT2D eigenvalue weighted by molar-refractivity contribution is 7.93. The van der Waals surface area contributed by atoms with Crippen LogP contribution in [0.15, 0.2) is 53.6 Å². The summed E-state index contributed by atoms with van der Waals surface area (Å²) in [7, 11) is -4.31. The van der Waals surface area contributed by atoms with E-state index in [1.807, 2.05) is 0 Å². The Morgan fingerprint density at radius 1 is 1.26 bits per heavy atom. The number of ether oxygens (including phenoxy) is 2. The number of allylic oxidation sites excluding steroid dienone is 1. The normalized spacial score (nSPS) is 17.0. The Morgan fingerprint density at radius 2 is 2.05 bits per heavy atom. The number of carboxylic acid groups (broad SMARTS) is 1. The van der Waals surface area contributed by atoms with Crippen LogP contribution in [0, 0.1) is 5.82 Å². The predicted octanol–water partition coefficient (Wildman–Crippen LogP) is 5.50. The van der Waals surface area contributed by atoms with Crippen molar-refractivity contribution in [1.82, 2.24) is 4.98 Å². The van der Waals surface area contributed by atoms with Gasteiger partial charge < -0.3 is 19.7 Å². The summed E-state index contributed by atoms with van der Waals surface area (Å²) in [4.78, 5) is 15.4. The van der Waals surface area contributed by atoms with Crippen LogP contribution in [0.2, 0.25) is 5.02 Å². The number of carboxylic acids is 1. The molecule has 9 nitrogen and oxygen atoms in total. The quantitative estimate of drug-likeness (QED) is 0.270. The van der Waals surface area contributed by atoms with E-state index in [-0.39, 0.29) is 71.3 Å².